The van der Waals surface area contributed by atoms with Crippen LogP contribution in [0.3, 0.4) is 0 Å². The highest BCUT2D eigenvalue weighted by atomic mass is 32.2. The Labute approximate surface area is 95.7 Å². The first-order valence-corrected chi connectivity index (χ1v) is 5.83. The third-order valence-corrected chi connectivity index (χ3v) is 3.17. The number of nitrogens with zero attached hydrogens (tertiary/aromatic N) is 1. The molecular formula is C12H17NOS. The maximum atomic E-state index is 11.6. The lowest BCUT2D eigenvalue weighted by Gasteiger charge is -2.16. The van der Waals surface area contributed by atoms with Gasteiger partial charge in [-0.25, -0.2) is 0 Å². The maximum Gasteiger partial charge on any atom is 0.235 e. The van der Waals surface area contributed by atoms with E-state index in [1.807, 2.05) is 19.1 Å². The number of rotatable bonds is 3. The highest BCUT2D eigenvalue weighted by Gasteiger charge is 2.15. The Bertz CT molecular complexity index is 349. The van der Waals surface area contributed by atoms with Crippen LogP contribution in [0.5, 0.6) is 0 Å². The van der Waals surface area contributed by atoms with Crippen molar-refractivity contribution in [3.8, 4) is 0 Å². The van der Waals surface area contributed by atoms with Crippen molar-refractivity contribution < 1.29 is 4.79 Å². The number of benzene rings is 1. The van der Waals surface area contributed by atoms with E-state index in [9.17, 15) is 4.79 Å². The molecule has 1 aromatic rings. The fourth-order valence-corrected chi connectivity index (χ4v) is 2.44. The number of aryl methyl sites for hydroxylation is 1. The number of carbonyl (C=O) groups excluding carboxylic acids is 1. The Morgan fingerprint density at radius 3 is 2.60 bits per heavy atom. The standard InChI is InChI=1S/C12H17NOS/c1-9-6-5-7-11(8-9)15-10(2)12(14)13(3)4/h5-8,10H,1-4H3. The Hall–Kier alpha value is -0.960. The van der Waals surface area contributed by atoms with Crippen molar-refractivity contribution >= 4 is 17.7 Å². The molecule has 0 aliphatic carbocycles. The first-order valence-electron chi connectivity index (χ1n) is 4.95. The molecule has 0 saturated carbocycles. The zero-order valence-electron chi connectivity index (χ0n) is 9.65. The molecule has 0 aliphatic heterocycles. The van der Waals surface area contributed by atoms with Crippen molar-refractivity contribution in [2.45, 2.75) is 24.0 Å². The quantitative estimate of drug-likeness (QED) is 0.734. The van der Waals surface area contributed by atoms with Crippen LogP contribution in [0.4, 0.5) is 0 Å². The summed E-state index contributed by atoms with van der Waals surface area (Å²) in [6, 6.07) is 8.22. The van der Waals surface area contributed by atoms with Crippen LogP contribution in [0.2, 0.25) is 0 Å². The molecule has 0 saturated heterocycles. The Morgan fingerprint density at radius 2 is 2.07 bits per heavy atom. The number of carbonyl (C=O) groups is 1. The molecule has 82 valence electrons. The lowest BCUT2D eigenvalue weighted by molar-refractivity contribution is -0.127. The molecule has 15 heavy (non-hydrogen) atoms. The summed E-state index contributed by atoms with van der Waals surface area (Å²) >= 11 is 1.60. The summed E-state index contributed by atoms with van der Waals surface area (Å²) in [6.45, 7) is 4.00. The number of amides is 1. The van der Waals surface area contributed by atoms with Crippen molar-refractivity contribution in [3.05, 3.63) is 29.8 Å². The van der Waals surface area contributed by atoms with Crippen LogP contribution in [0.1, 0.15) is 12.5 Å². The first-order chi connectivity index (χ1) is 7.00. The molecule has 1 unspecified atom stereocenters. The van der Waals surface area contributed by atoms with E-state index in [4.69, 9.17) is 0 Å². The Morgan fingerprint density at radius 1 is 1.40 bits per heavy atom. The fraction of sp³-hybridized carbons (Fsp3) is 0.417. The van der Waals surface area contributed by atoms with E-state index in [1.165, 1.54) is 5.56 Å². The van der Waals surface area contributed by atoms with E-state index in [0.29, 0.717) is 0 Å². The van der Waals surface area contributed by atoms with E-state index >= 15 is 0 Å². The summed E-state index contributed by atoms with van der Waals surface area (Å²) in [4.78, 5) is 14.4. The third kappa shape index (κ3) is 3.59. The zero-order chi connectivity index (χ0) is 11.4. The Kier molecular flexibility index (Phi) is 4.21. The van der Waals surface area contributed by atoms with Crippen molar-refractivity contribution in [1.82, 2.24) is 4.90 Å². The van der Waals surface area contributed by atoms with Gasteiger partial charge in [0.05, 0.1) is 5.25 Å². The monoisotopic (exact) mass is 223 g/mol. The lowest BCUT2D eigenvalue weighted by atomic mass is 10.2. The minimum atomic E-state index is -0.0261. The highest BCUT2D eigenvalue weighted by molar-refractivity contribution is 8.00. The van der Waals surface area contributed by atoms with Gasteiger partial charge in [0.25, 0.3) is 0 Å². The van der Waals surface area contributed by atoms with Crippen molar-refractivity contribution in [2.24, 2.45) is 0 Å². The molecule has 0 aliphatic rings. The number of hydrogen-bond acceptors (Lipinski definition) is 2. The van der Waals surface area contributed by atoms with Gasteiger partial charge in [0.1, 0.15) is 0 Å². The summed E-state index contributed by atoms with van der Waals surface area (Å²) < 4.78 is 0. The van der Waals surface area contributed by atoms with E-state index in [0.717, 1.165) is 4.90 Å². The van der Waals surface area contributed by atoms with Gasteiger partial charge < -0.3 is 4.90 Å². The van der Waals surface area contributed by atoms with Gasteiger partial charge in [-0.1, -0.05) is 17.7 Å². The van der Waals surface area contributed by atoms with Crippen molar-refractivity contribution in [2.75, 3.05) is 14.1 Å². The summed E-state index contributed by atoms with van der Waals surface area (Å²) in [7, 11) is 3.57. The van der Waals surface area contributed by atoms with Gasteiger partial charge >= 0.3 is 0 Å². The summed E-state index contributed by atoms with van der Waals surface area (Å²) in [6.07, 6.45) is 0. The van der Waals surface area contributed by atoms with Gasteiger partial charge in [0.15, 0.2) is 0 Å². The second kappa shape index (κ2) is 5.21. The molecule has 0 fully saturated rings. The number of hydrogen-bond donors (Lipinski definition) is 0. The van der Waals surface area contributed by atoms with Gasteiger partial charge in [-0.15, -0.1) is 11.8 Å². The molecule has 3 heteroatoms. The molecular weight excluding hydrogens is 206 g/mol. The molecule has 0 radical (unpaired) electrons. The third-order valence-electron chi connectivity index (χ3n) is 2.09. The van der Waals surface area contributed by atoms with Gasteiger partial charge in [0.2, 0.25) is 5.91 Å². The average Bonchev–Trinajstić information content (AvgIpc) is 2.16. The highest BCUT2D eigenvalue weighted by Crippen LogP contribution is 2.24. The molecule has 1 atom stereocenters. The molecule has 1 amide bonds. The molecule has 0 aromatic heterocycles. The molecule has 0 heterocycles. The van der Waals surface area contributed by atoms with Crippen LogP contribution in [0.25, 0.3) is 0 Å². The van der Waals surface area contributed by atoms with Crippen LogP contribution in [0, 0.1) is 6.92 Å². The molecule has 0 spiro atoms. The van der Waals surface area contributed by atoms with Gasteiger partial charge in [-0.3, -0.25) is 4.79 Å². The minimum Gasteiger partial charge on any atom is -0.348 e. The van der Waals surface area contributed by atoms with E-state index < -0.39 is 0 Å². The average molecular weight is 223 g/mol. The van der Waals surface area contributed by atoms with Gasteiger partial charge in [0, 0.05) is 19.0 Å². The summed E-state index contributed by atoms with van der Waals surface area (Å²) in [5.74, 6) is 0.154. The van der Waals surface area contributed by atoms with Gasteiger partial charge in [-0.2, -0.15) is 0 Å². The fourth-order valence-electron chi connectivity index (χ4n) is 1.31. The van der Waals surface area contributed by atoms with Crippen LogP contribution in [-0.2, 0) is 4.79 Å². The zero-order valence-corrected chi connectivity index (χ0v) is 10.5. The second-order valence-electron chi connectivity index (χ2n) is 3.81. The van der Waals surface area contributed by atoms with Crippen LogP contribution in [-0.4, -0.2) is 30.2 Å². The van der Waals surface area contributed by atoms with Gasteiger partial charge in [-0.05, 0) is 26.0 Å². The largest absolute Gasteiger partial charge is 0.348 e. The van der Waals surface area contributed by atoms with Crippen LogP contribution >= 0.6 is 11.8 Å². The van der Waals surface area contributed by atoms with Crippen LogP contribution < -0.4 is 0 Å². The molecule has 1 aromatic carbocycles. The normalized spacial score (nSPS) is 12.3. The van der Waals surface area contributed by atoms with Crippen LogP contribution in [0.15, 0.2) is 29.2 Å². The summed E-state index contributed by atoms with van der Waals surface area (Å²) in [5.41, 5.74) is 1.23. The predicted octanol–water partition coefficient (Wildman–Crippen LogP) is 2.56. The van der Waals surface area contributed by atoms with E-state index in [1.54, 1.807) is 30.8 Å². The maximum absolute atomic E-state index is 11.6. The van der Waals surface area contributed by atoms with E-state index in [-0.39, 0.29) is 11.2 Å². The molecule has 0 N–H and O–H groups in total. The van der Waals surface area contributed by atoms with Crippen molar-refractivity contribution in [1.29, 1.82) is 0 Å². The van der Waals surface area contributed by atoms with Crippen molar-refractivity contribution in [3.63, 3.8) is 0 Å². The Balaban J connectivity index is 2.66. The molecule has 2 nitrogen and oxygen atoms in total. The predicted molar refractivity (Wildman–Crippen MR) is 65.2 cm³/mol. The van der Waals surface area contributed by atoms with E-state index in [2.05, 4.69) is 19.1 Å². The summed E-state index contributed by atoms with van der Waals surface area (Å²) in [5, 5.41) is -0.0261. The molecule has 1 rings (SSSR count). The lowest BCUT2D eigenvalue weighted by Crippen LogP contribution is -2.29. The first kappa shape index (κ1) is 12.1. The minimum absolute atomic E-state index is 0.0261. The smallest absolute Gasteiger partial charge is 0.235 e. The number of thioether (sulfide) groups is 1. The second-order valence-corrected chi connectivity index (χ2v) is 5.22. The molecule has 0 bridgehead atoms. The topological polar surface area (TPSA) is 20.3 Å². The SMILES string of the molecule is Cc1cccc(SC(C)C(=O)N(C)C)c1.